The van der Waals surface area contributed by atoms with E-state index in [0.29, 0.717) is 9.21 Å². The van der Waals surface area contributed by atoms with E-state index in [4.69, 9.17) is 16.3 Å². The number of alkyl halides is 2. The number of nitrogens with zero attached hydrogens (tertiary/aromatic N) is 1. The Morgan fingerprint density at radius 3 is 2.67 bits per heavy atom. The first kappa shape index (κ1) is 27.1. The van der Waals surface area contributed by atoms with E-state index in [9.17, 15) is 28.0 Å². The van der Waals surface area contributed by atoms with Crippen LogP contribution in [0.25, 0.3) is 0 Å². The molecule has 3 N–H and O–H groups in total. The van der Waals surface area contributed by atoms with Crippen molar-refractivity contribution in [2.45, 2.75) is 12.7 Å². The van der Waals surface area contributed by atoms with E-state index in [-0.39, 0.29) is 43.4 Å². The summed E-state index contributed by atoms with van der Waals surface area (Å²) in [4.78, 5) is 50.6. The highest BCUT2D eigenvalue weighted by Crippen LogP contribution is 2.33. The van der Waals surface area contributed by atoms with Crippen LogP contribution in [0, 0.1) is 0 Å². The Bertz CT molecular complexity index is 1130. The maximum atomic E-state index is 13.0. The quantitative estimate of drug-likeness (QED) is 0.439. The Hall–Kier alpha value is -3.49. The monoisotopic (exact) mass is 546 g/mol. The summed E-state index contributed by atoms with van der Waals surface area (Å²) in [6.45, 7) is -3.39. The van der Waals surface area contributed by atoms with Gasteiger partial charge < -0.3 is 35.1 Å². The molecule has 194 valence electrons. The molecular weight excluding hydrogens is 526 g/mol. The van der Waals surface area contributed by atoms with Crippen molar-refractivity contribution < 1.29 is 42.2 Å². The fourth-order valence-electron chi connectivity index (χ4n) is 3.14. The smallest absolute Gasteiger partial charge is 0.407 e. The van der Waals surface area contributed by atoms with Gasteiger partial charge in [-0.05, 0) is 24.3 Å². The molecule has 11 nitrogen and oxygen atoms in total. The molecule has 2 heterocycles. The minimum Gasteiger partial charge on any atom is -0.453 e. The third-order valence-electron chi connectivity index (χ3n) is 4.78. The lowest BCUT2D eigenvalue weighted by molar-refractivity contribution is -0.125. The number of carbonyl (C=O) groups excluding carboxylic acids is 4. The van der Waals surface area contributed by atoms with Gasteiger partial charge in [0, 0.05) is 24.8 Å². The van der Waals surface area contributed by atoms with Gasteiger partial charge in [0.05, 0.1) is 28.6 Å². The molecule has 0 bridgehead atoms. The van der Waals surface area contributed by atoms with Crippen LogP contribution in [0.4, 0.5) is 25.0 Å². The number of alkyl carbamates (subject to hydrolysis) is 1. The maximum absolute atomic E-state index is 13.0. The lowest BCUT2D eigenvalue weighted by Crippen LogP contribution is -2.50. The van der Waals surface area contributed by atoms with Crippen LogP contribution in [0.15, 0.2) is 30.3 Å². The van der Waals surface area contributed by atoms with Crippen LogP contribution >= 0.6 is 22.9 Å². The number of nitrogens with one attached hydrogen (secondary N) is 3. The molecule has 15 heteroatoms. The predicted octanol–water partition coefficient (Wildman–Crippen LogP) is 2.46. The van der Waals surface area contributed by atoms with Crippen LogP contribution in [0.5, 0.6) is 5.75 Å². The number of ether oxygens (including phenoxy) is 3. The molecule has 1 aliphatic rings. The van der Waals surface area contributed by atoms with Gasteiger partial charge in [-0.3, -0.25) is 14.4 Å². The third-order valence-corrected chi connectivity index (χ3v) is 6.01. The highest BCUT2D eigenvalue weighted by atomic mass is 35.5. The number of halogens is 3. The number of rotatable bonds is 9. The average molecular weight is 547 g/mol. The first-order valence-electron chi connectivity index (χ1n) is 10.3. The second-order valence-electron chi connectivity index (χ2n) is 7.15. The van der Waals surface area contributed by atoms with Gasteiger partial charge in [-0.25, -0.2) is 4.79 Å². The Kier molecular flexibility index (Phi) is 9.38. The van der Waals surface area contributed by atoms with Crippen molar-refractivity contribution in [3.8, 4) is 5.75 Å². The zero-order valence-electron chi connectivity index (χ0n) is 18.7. The van der Waals surface area contributed by atoms with Gasteiger partial charge in [0.25, 0.3) is 11.8 Å². The number of thiophene rings is 1. The SMILES string of the molecule is COC(=O)N[C@H](CNC(=O)c1ccc(Cl)s1)C(=O)Nc1ccc(N2CCOCC2=O)c(OC(F)F)c1. The van der Waals surface area contributed by atoms with E-state index in [1.807, 2.05) is 0 Å². The summed E-state index contributed by atoms with van der Waals surface area (Å²) >= 11 is 6.85. The number of anilines is 2. The first-order chi connectivity index (χ1) is 17.2. The fraction of sp³-hybridized carbons (Fsp3) is 0.333. The lowest BCUT2D eigenvalue weighted by Gasteiger charge is -2.28. The summed E-state index contributed by atoms with van der Waals surface area (Å²) < 4.78 is 40.6. The summed E-state index contributed by atoms with van der Waals surface area (Å²) in [5.41, 5.74) is 0.112. The minimum atomic E-state index is -3.19. The molecule has 1 aliphatic heterocycles. The molecule has 0 aliphatic carbocycles. The number of amides is 4. The molecule has 36 heavy (non-hydrogen) atoms. The molecule has 4 amide bonds. The third kappa shape index (κ3) is 7.26. The van der Waals surface area contributed by atoms with Gasteiger partial charge in [-0.1, -0.05) is 11.6 Å². The Balaban J connectivity index is 1.76. The van der Waals surface area contributed by atoms with Gasteiger partial charge in [0.1, 0.15) is 12.6 Å². The Labute approximate surface area is 212 Å². The van der Waals surface area contributed by atoms with Gasteiger partial charge in [0.2, 0.25) is 5.91 Å². The van der Waals surface area contributed by atoms with E-state index in [2.05, 4.69) is 25.4 Å². The number of carbonyl (C=O) groups is 4. The number of benzene rings is 1. The molecule has 1 atom stereocenters. The van der Waals surface area contributed by atoms with Gasteiger partial charge >= 0.3 is 12.7 Å². The number of hydrogen-bond donors (Lipinski definition) is 3. The summed E-state index contributed by atoms with van der Waals surface area (Å²) in [6.07, 6.45) is -0.938. The lowest BCUT2D eigenvalue weighted by atomic mass is 10.2. The molecule has 0 radical (unpaired) electrons. The number of methoxy groups -OCH3 is 1. The summed E-state index contributed by atoms with van der Waals surface area (Å²) in [7, 11) is 1.09. The van der Waals surface area contributed by atoms with Crippen LogP contribution in [0.2, 0.25) is 4.34 Å². The normalized spacial score (nSPS) is 14.2. The van der Waals surface area contributed by atoms with Crippen molar-refractivity contribution in [1.82, 2.24) is 10.6 Å². The molecule has 0 unspecified atom stereocenters. The molecule has 1 aromatic carbocycles. The number of hydrogen-bond acceptors (Lipinski definition) is 8. The van der Waals surface area contributed by atoms with Crippen LogP contribution in [0.3, 0.4) is 0 Å². The Morgan fingerprint density at radius 1 is 1.25 bits per heavy atom. The van der Waals surface area contributed by atoms with Crippen molar-refractivity contribution in [3.05, 3.63) is 39.5 Å². The second kappa shape index (κ2) is 12.5. The van der Waals surface area contributed by atoms with Crippen molar-refractivity contribution >= 4 is 58.1 Å². The number of morpholine rings is 1. The summed E-state index contributed by atoms with van der Waals surface area (Å²) in [6, 6.07) is 5.56. The highest BCUT2D eigenvalue weighted by molar-refractivity contribution is 7.18. The molecule has 1 aromatic heterocycles. The van der Waals surface area contributed by atoms with E-state index in [1.165, 1.54) is 29.2 Å². The maximum Gasteiger partial charge on any atom is 0.407 e. The van der Waals surface area contributed by atoms with Gasteiger partial charge in [-0.15, -0.1) is 11.3 Å². The average Bonchev–Trinajstić information content (AvgIpc) is 3.28. The standard InChI is InChI=1S/C21H21ClF2N4O7S/c1-33-21(32)27-12(9-25-19(31)15-4-5-16(22)36-15)18(30)26-11-2-3-13(14(8-11)35-20(23)24)28-6-7-34-10-17(28)29/h2-5,8,12,20H,6-7,9-10H2,1H3,(H,25,31)(H,26,30)(H,27,32)/t12-/m1/s1. The van der Waals surface area contributed by atoms with Crippen LogP contribution in [-0.4, -0.2) is 69.9 Å². The highest BCUT2D eigenvalue weighted by Gasteiger charge is 2.26. The molecular formula is C21H21ClF2N4O7S. The molecule has 2 aromatic rings. The van der Waals surface area contributed by atoms with Gasteiger partial charge in [-0.2, -0.15) is 8.78 Å². The summed E-state index contributed by atoms with van der Waals surface area (Å²) in [5, 5.41) is 7.25. The van der Waals surface area contributed by atoms with Crippen molar-refractivity contribution in [2.75, 3.05) is 43.6 Å². The Morgan fingerprint density at radius 2 is 2.03 bits per heavy atom. The fourth-order valence-corrected chi connectivity index (χ4v) is 4.10. The van der Waals surface area contributed by atoms with Crippen LogP contribution in [-0.2, 0) is 19.1 Å². The molecule has 1 fully saturated rings. The molecule has 0 spiro atoms. The van der Waals surface area contributed by atoms with Gasteiger partial charge in [0.15, 0.2) is 5.75 Å². The van der Waals surface area contributed by atoms with Crippen LogP contribution < -0.4 is 25.6 Å². The molecule has 1 saturated heterocycles. The van der Waals surface area contributed by atoms with Crippen molar-refractivity contribution in [3.63, 3.8) is 0 Å². The minimum absolute atomic E-state index is 0.0353. The molecule has 0 saturated carbocycles. The van der Waals surface area contributed by atoms with E-state index < -0.39 is 36.5 Å². The first-order valence-corrected chi connectivity index (χ1v) is 11.5. The van der Waals surface area contributed by atoms with E-state index in [1.54, 1.807) is 0 Å². The van der Waals surface area contributed by atoms with E-state index in [0.717, 1.165) is 24.5 Å². The van der Waals surface area contributed by atoms with Crippen molar-refractivity contribution in [2.24, 2.45) is 0 Å². The zero-order chi connectivity index (χ0) is 26.2. The van der Waals surface area contributed by atoms with Crippen LogP contribution in [0.1, 0.15) is 9.67 Å². The molecule has 3 rings (SSSR count). The largest absolute Gasteiger partial charge is 0.453 e. The second-order valence-corrected chi connectivity index (χ2v) is 8.87. The van der Waals surface area contributed by atoms with Crippen molar-refractivity contribution in [1.29, 1.82) is 0 Å². The topological polar surface area (TPSA) is 135 Å². The summed E-state index contributed by atoms with van der Waals surface area (Å²) in [5.74, 6) is -2.10. The predicted molar refractivity (Wildman–Crippen MR) is 126 cm³/mol. The zero-order valence-corrected chi connectivity index (χ0v) is 20.3. The van der Waals surface area contributed by atoms with E-state index >= 15 is 0 Å².